The number of hydrazine groups is 1. The van der Waals surface area contributed by atoms with Gasteiger partial charge in [0.15, 0.2) is 0 Å². The Hall–Kier alpha value is -1.63. The van der Waals surface area contributed by atoms with Crippen molar-refractivity contribution in [2.75, 3.05) is 20.1 Å². The minimum absolute atomic E-state index is 0.0236. The minimum Gasteiger partial charge on any atom is -0.359 e. The molecule has 0 radical (unpaired) electrons. The maximum absolute atomic E-state index is 12.7. The van der Waals surface area contributed by atoms with Gasteiger partial charge in [0.2, 0.25) is 11.8 Å². The van der Waals surface area contributed by atoms with E-state index in [9.17, 15) is 9.59 Å². The lowest BCUT2D eigenvalue weighted by molar-refractivity contribution is -0.137. The lowest BCUT2D eigenvalue weighted by atomic mass is 9.95. The van der Waals surface area contributed by atoms with Crippen LogP contribution in [-0.4, -0.2) is 42.9 Å². The van der Waals surface area contributed by atoms with Gasteiger partial charge >= 0.3 is 0 Å². The molecule has 130 valence electrons. The van der Waals surface area contributed by atoms with E-state index in [1.165, 1.54) is 0 Å². The number of carbonyl (C=O) groups is 2. The fourth-order valence-corrected chi connectivity index (χ4v) is 3.54. The van der Waals surface area contributed by atoms with Crippen molar-refractivity contribution in [1.82, 2.24) is 21.1 Å². The summed E-state index contributed by atoms with van der Waals surface area (Å²) < 4.78 is 0. The van der Waals surface area contributed by atoms with E-state index in [4.69, 9.17) is 11.6 Å². The molecule has 0 spiro atoms. The first kappa shape index (κ1) is 17.2. The lowest BCUT2D eigenvalue weighted by Gasteiger charge is -2.32. The largest absolute Gasteiger partial charge is 0.359 e. The first-order valence-corrected chi connectivity index (χ1v) is 8.73. The molecule has 2 saturated heterocycles. The van der Waals surface area contributed by atoms with E-state index >= 15 is 0 Å². The van der Waals surface area contributed by atoms with Crippen molar-refractivity contribution >= 4 is 23.4 Å². The summed E-state index contributed by atoms with van der Waals surface area (Å²) in [4.78, 5) is 26.2. The molecule has 3 N–H and O–H groups in total. The smallest absolute Gasteiger partial charge is 0.241 e. The van der Waals surface area contributed by atoms with Gasteiger partial charge in [-0.1, -0.05) is 23.7 Å². The third-order valence-corrected chi connectivity index (χ3v) is 5.15. The number of likely N-dealkylation sites (tertiary alicyclic amines) is 1. The van der Waals surface area contributed by atoms with Crippen LogP contribution < -0.4 is 16.2 Å². The number of nitrogens with zero attached hydrogens (tertiary/aromatic N) is 1. The van der Waals surface area contributed by atoms with Gasteiger partial charge in [0.05, 0.1) is 0 Å². The Bertz CT molecular complexity index is 599. The zero-order valence-corrected chi connectivity index (χ0v) is 14.5. The Kier molecular flexibility index (Phi) is 5.38. The number of carbonyl (C=O) groups excluding carboxylic acids is 2. The van der Waals surface area contributed by atoms with Crippen LogP contribution in [0.15, 0.2) is 24.3 Å². The number of halogens is 1. The number of hydrogen-bond acceptors (Lipinski definition) is 4. The molecule has 2 aliphatic rings. The van der Waals surface area contributed by atoms with E-state index in [0.29, 0.717) is 24.5 Å². The van der Waals surface area contributed by atoms with Crippen LogP contribution >= 0.6 is 11.6 Å². The van der Waals surface area contributed by atoms with Gasteiger partial charge in [-0.3, -0.25) is 9.59 Å². The van der Waals surface area contributed by atoms with Crippen molar-refractivity contribution in [3.05, 3.63) is 34.9 Å². The average Bonchev–Trinajstić information content (AvgIpc) is 3.11. The number of rotatable bonds is 3. The topological polar surface area (TPSA) is 73.5 Å². The SMILES string of the molecule is CNC(=O)C1CCN(C(=O)C2CC(c3ccc(Cl)cc3)NN2)CC1. The van der Waals surface area contributed by atoms with E-state index in [0.717, 1.165) is 18.4 Å². The van der Waals surface area contributed by atoms with E-state index in [1.807, 2.05) is 29.2 Å². The highest BCUT2D eigenvalue weighted by Gasteiger charge is 2.35. The predicted octanol–water partition coefficient (Wildman–Crippen LogP) is 1.23. The summed E-state index contributed by atoms with van der Waals surface area (Å²) >= 11 is 5.92. The van der Waals surface area contributed by atoms with Crippen LogP contribution in [-0.2, 0) is 9.59 Å². The zero-order valence-electron chi connectivity index (χ0n) is 13.7. The first-order chi connectivity index (χ1) is 11.6. The predicted molar refractivity (Wildman–Crippen MR) is 92.2 cm³/mol. The molecule has 1 aromatic carbocycles. The maximum Gasteiger partial charge on any atom is 0.241 e. The monoisotopic (exact) mass is 350 g/mol. The molecular formula is C17H23ClN4O2. The lowest BCUT2D eigenvalue weighted by Crippen LogP contribution is -2.49. The van der Waals surface area contributed by atoms with Crippen molar-refractivity contribution in [2.24, 2.45) is 5.92 Å². The van der Waals surface area contributed by atoms with E-state index in [2.05, 4.69) is 16.2 Å². The number of nitrogens with one attached hydrogen (secondary N) is 3. The fraction of sp³-hybridized carbons (Fsp3) is 0.529. The van der Waals surface area contributed by atoms with Crippen LogP contribution in [0, 0.1) is 5.92 Å². The van der Waals surface area contributed by atoms with E-state index in [-0.39, 0.29) is 29.8 Å². The van der Waals surface area contributed by atoms with Crippen LogP contribution in [0.4, 0.5) is 0 Å². The number of hydrogen-bond donors (Lipinski definition) is 3. The summed E-state index contributed by atoms with van der Waals surface area (Å²) in [5, 5.41) is 3.39. The van der Waals surface area contributed by atoms with Gasteiger partial charge in [0.25, 0.3) is 0 Å². The Labute approximate surface area is 146 Å². The molecule has 2 aliphatic heterocycles. The maximum atomic E-state index is 12.7. The van der Waals surface area contributed by atoms with Gasteiger partial charge in [0, 0.05) is 37.1 Å². The molecule has 24 heavy (non-hydrogen) atoms. The second-order valence-corrected chi connectivity index (χ2v) is 6.83. The minimum atomic E-state index is -0.234. The van der Waals surface area contributed by atoms with E-state index in [1.54, 1.807) is 7.05 Å². The summed E-state index contributed by atoms with van der Waals surface area (Å²) in [6.45, 7) is 1.28. The van der Waals surface area contributed by atoms with Crippen LogP contribution in [0.5, 0.6) is 0 Å². The summed E-state index contributed by atoms with van der Waals surface area (Å²) in [5.41, 5.74) is 7.41. The third kappa shape index (κ3) is 3.71. The van der Waals surface area contributed by atoms with Crippen LogP contribution in [0.25, 0.3) is 0 Å². The molecule has 0 aliphatic carbocycles. The number of piperidine rings is 1. The van der Waals surface area contributed by atoms with Crippen LogP contribution in [0.1, 0.15) is 30.9 Å². The van der Waals surface area contributed by atoms with Crippen molar-refractivity contribution in [3.63, 3.8) is 0 Å². The van der Waals surface area contributed by atoms with Gasteiger partial charge in [-0.05, 0) is 37.0 Å². The van der Waals surface area contributed by atoms with Crippen molar-refractivity contribution < 1.29 is 9.59 Å². The normalized spacial score (nSPS) is 24.8. The number of benzene rings is 1. The molecule has 3 rings (SSSR count). The Morgan fingerprint density at radius 1 is 1.17 bits per heavy atom. The summed E-state index contributed by atoms with van der Waals surface area (Å²) in [6.07, 6.45) is 2.16. The number of amides is 2. The van der Waals surface area contributed by atoms with Crippen LogP contribution in [0.3, 0.4) is 0 Å². The second kappa shape index (κ2) is 7.51. The fourth-order valence-electron chi connectivity index (χ4n) is 3.42. The van der Waals surface area contributed by atoms with Gasteiger partial charge < -0.3 is 10.2 Å². The molecule has 1 aromatic rings. The molecule has 2 amide bonds. The van der Waals surface area contributed by atoms with Gasteiger partial charge in [-0.2, -0.15) is 0 Å². The molecule has 2 fully saturated rings. The first-order valence-electron chi connectivity index (χ1n) is 8.35. The molecule has 6 nitrogen and oxygen atoms in total. The highest BCUT2D eigenvalue weighted by Crippen LogP contribution is 2.25. The highest BCUT2D eigenvalue weighted by atomic mass is 35.5. The zero-order chi connectivity index (χ0) is 17.1. The van der Waals surface area contributed by atoms with Crippen molar-refractivity contribution in [1.29, 1.82) is 0 Å². The van der Waals surface area contributed by atoms with Crippen molar-refractivity contribution in [3.8, 4) is 0 Å². The molecular weight excluding hydrogens is 328 g/mol. The summed E-state index contributed by atoms with van der Waals surface area (Å²) in [5.74, 6) is 0.204. The summed E-state index contributed by atoms with van der Waals surface area (Å²) in [7, 11) is 1.66. The molecule has 0 saturated carbocycles. The van der Waals surface area contributed by atoms with Crippen molar-refractivity contribution in [2.45, 2.75) is 31.3 Å². The quantitative estimate of drug-likeness (QED) is 0.766. The highest BCUT2D eigenvalue weighted by molar-refractivity contribution is 6.30. The molecule has 2 heterocycles. The van der Waals surface area contributed by atoms with Gasteiger partial charge in [0.1, 0.15) is 6.04 Å². The van der Waals surface area contributed by atoms with E-state index < -0.39 is 0 Å². The summed E-state index contributed by atoms with van der Waals surface area (Å²) in [6, 6.07) is 7.53. The standard InChI is InChI=1S/C17H23ClN4O2/c1-19-16(23)12-6-8-22(9-7-12)17(24)15-10-14(20-21-15)11-2-4-13(18)5-3-11/h2-5,12,14-15,20-21H,6-10H2,1H3,(H,19,23). The van der Waals surface area contributed by atoms with Gasteiger partial charge in [-0.15, -0.1) is 0 Å². The third-order valence-electron chi connectivity index (χ3n) is 4.90. The Morgan fingerprint density at radius 3 is 2.46 bits per heavy atom. The van der Waals surface area contributed by atoms with Gasteiger partial charge in [-0.25, -0.2) is 10.9 Å². The molecule has 0 bridgehead atoms. The Morgan fingerprint density at radius 2 is 1.83 bits per heavy atom. The molecule has 7 heteroatoms. The average molecular weight is 351 g/mol. The second-order valence-electron chi connectivity index (χ2n) is 6.39. The Balaban J connectivity index is 1.53. The molecule has 0 aromatic heterocycles. The molecule has 2 atom stereocenters. The molecule has 2 unspecified atom stereocenters. The van der Waals surface area contributed by atoms with Crippen LogP contribution in [0.2, 0.25) is 5.02 Å².